The Bertz CT molecular complexity index is 1080. The molecule has 170 valence electrons. The minimum absolute atomic E-state index is 0.0625. The second-order valence-electron chi connectivity index (χ2n) is 6.63. The Kier molecular flexibility index (Phi) is 7.39. The molecule has 12 nitrogen and oxygen atoms in total. The summed E-state index contributed by atoms with van der Waals surface area (Å²) in [4.78, 5) is 41.3. The maximum absolute atomic E-state index is 12.3. The van der Waals surface area contributed by atoms with Gasteiger partial charge in [0.1, 0.15) is 5.82 Å². The van der Waals surface area contributed by atoms with Crippen LogP contribution in [0.5, 0.6) is 17.4 Å². The Hall–Kier alpha value is -3.93. The zero-order chi connectivity index (χ0) is 23.1. The van der Waals surface area contributed by atoms with Gasteiger partial charge in [0.15, 0.2) is 18.1 Å². The number of benzene rings is 1. The van der Waals surface area contributed by atoms with E-state index in [0.717, 1.165) is 0 Å². The second kappa shape index (κ2) is 10.4. The average Bonchev–Trinajstić information content (AvgIpc) is 2.77. The highest BCUT2D eigenvalue weighted by Gasteiger charge is 2.21. The summed E-state index contributed by atoms with van der Waals surface area (Å²) in [5.74, 6) is -0.371. The largest absolute Gasteiger partial charge is 0.490 e. The van der Waals surface area contributed by atoms with Gasteiger partial charge in [0.25, 0.3) is 11.8 Å². The smallest absolute Gasteiger partial charge is 0.395 e. The van der Waals surface area contributed by atoms with Crippen LogP contribution in [0.2, 0.25) is 0 Å². The van der Waals surface area contributed by atoms with E-state index in [1.54, 1.807) is 36.1 Å². The number of H-pyrrole nitrogens is 1. The van der Waals surface area contributed by atoms with Crippen molar-refractivity contribution in [2.24, 2.45) is 0 Å². The van der Waals surface area contributed by atoms with Crippen molar-refractivity contribution in [1.29, 1.82) is 0 Å². The molecular weight excluding hydrogens is 424 g/mol. The Morgan fingerprint density at radius 3 is 2.72 bits per heavy atom. The van der Waals surface area contributed by atoms with Crippen LogP contribution in [0, 0.1) is 10.1 Å². The maximum atomic E-state index is 12.3. The van der Waals surface area contributed by atoms with E-state index in [0.29, 0.717) is 50.0 Å². The number of hydrogen-bond acceptors (Lipinski definition) is 9. The minimum atomic E-state index is -1.06. The van der Waals surface area contributed by atoms with Gasteiger partial charge < -0.3 is 29.2 Å². The molecule has 0 saturated carbocycles. The van der Waals surface area contributed by atoms with Crippen molar-refractivity contribution in [3.05, 3.63) is 50.1 Å². The third-order valence-electron chi connectivity index (χ3n) is 4.49. The Morgan fingerprint density at radius 2 is 2.06 bits per heavy atom. The van der Waals surface area contributed by atoms with E-state index in [1.165, 1.54) is 6.08 Å². The van der Waals surface area contributed by atoms with Gasteiger partial charge in [0.2, 0.25) is 0 Å². The van der Waals surface area contributed by atoms with Gasteiger partial charge in [-0.1, -0.05) is 12.1 Å². The standard InChI is InChI=1S/C20H22N4O8/c1-2-31-15-11-13(4-6-16-21-19(26)18(24(28)29)20(27)22-16)3-5-14(15)32-12-17(25)23-7-9-30-10-8-23/h3-6,11H,2,7-10,12H2,1H3,(H2,21,22,26,27). The van der Waals surface area contributed by atoms with Gasteiger partial charge in [0, 0.05) is 13.1 Å². The summed E-state index contributed by atoms with van der Waals surface area (Å²) in [5, 5.41) is 20.4. The van der Waals surface area contributed by atoms with Crippen molar-refractivity contribution < 1.29 is 29.0 Å². The molecule has 0 spiro atoms. The number of aromatic hydroxyl groups is 1. The number of nitro groups is 1. The molecule has 1 amide bonds. The number of carbonyl (C=O) groups excluding carboxylic acids is 1. The first-order chi connectivity index (χ1) is 15.4. The van der Waals surface area contributed by atoms with Crippen LogP contribution in [-0.2, 0) is 9.53 Å². The number of ether oxygens (including phenoxy) is 3. The maximum Gasteiger partial charge on any atom is 0.395 e. The second-order valence-corrected chi connectivity index (χ2v) is 6.63. The monoisotopic (exact) mass is 446 g/mol. The fourth-order valence-corrected chi connectivity index (χ4v) is 2.95. The molecule has 1 fully saturated rings. The molecule has 1 aliphatic heterocycles. The van der Waals surface area contributed by atoms with Crippen LogP contribution in [0.25, 0.3) is 12.2 Å². The van der Waals surface area contributed by atoms with E-state index in [4.69, 9.17) is 14.2 Å². The third kappa shape index (κ3) is 5.60. The number of aromatic nitrogens is 2. The Balaban J connectivity index is 1.73. The van der Waals surface area contributed by atoms with Crippen LogP contribution in [0.1, 0.15) is 18.3 Å². The number of aromatic amines is 1. The van der Waals surface area contributed by atoms with Gasteiger partial charge in [0.05, 0.1) is 24.7 Å². The van der Waals surface area contributed by atoms with Crippen LogP contribution in [0.15, 0.2) is 23.0 Å². The van der Waals surface area contributed by atoms with Crippen molar-refractivity contribution in [2.75, 3.05) is 39.5 Å². The molecule has 1 aromatic heterocycles. The lowest BCUT2D eigenvalue weighted by molar-refractivity contribution is -0.387. The summed E-state index contributed by atoms with van der Waals surface area (Å²) >= 11 is 0. The first kappa shape index (κ1) is 22.7. The van der Waals surface area contributed by atoms with Gasteiger partial charge in [-0.05, 0) is 30.7 Å². The summed E-state index contributed by atoms with van der Waals surface area (Å²) in [6.45, 7) is 4.10. The van der Waals surface area contributed by atoms with E-state index < -0.39 is 22.0 Å². The molecule has 2 aromatic rings. The average molecular weight is 446 g/mol. The van der Waals surface area contributed by atoms with Crippen molar-refractivity contribution in [2.45, 2.75) is 6.92 Å². The molecule has 1 aliphatic rings. The van der Waals surface area contributed by atoms with Crippen molar-refractivity contribution in [3.63, 3.8) is 0 Å². The Morgan fingerprint density at radius 1 is 1.31 bits per heavy atom. The summed E-state index contributed by atoms with van der Waals surface area (Å²) in [6, 6.07) is 5.00. The number of nitrogens with one attached hydrogen (secondary N) is 1. The molecule has 12 heteroatoms. The number of hydrogen-bond donors (Lipinski definition) is 2. The molecule has 1 saturated heterocycles. The molecule has 0 radical (unpaired) electrons. The number of carbonyl (C=O) groups is 1. The topological polar surface area (TPSA) is 157 Å². The van der Waals surface area contributed by atoms with Crippen LogP contribution in [0.4, 0.5) is 5.69 Å². The van der Waals surface area contributed by atoms with Gasteiger partial charge in [-0.15, -0.1) is 0 Å². The van der Waals surface area contributed by atoms with E-state index in [2.05, 4.69) is 9.97 Å². The summed E-state index contributed by atoms with van der Waals surface area (Å²) in [6.07, 6.45) is 2.94. The number of rotatable bonds is 8. The molecule has 0 unspecified atom stereocenters. The first-order valence-corrected chi connectivity index (χ1v) is 9.80. The molecular formula is C20H22N4O8. The lowest BCUT2D eigenvalue weighted by Crippen LogP contribution is -2.43. The fourth-order valence-electron chi connectivity index (χ4n) is 2.95. The minimum Gasteiger partial charge on any atom is -0.490 e. The van der Waals surface area contributed by atoms with Crippen LogP contribution >= 0.6 is 0 Å². The third-order valence-corrected chi connectivity index (χ3v) is 4.49. The van der Waals surface area contributed by atoms with Crippen LogP contribution in [0.3, 0.4) is 0 Å². The van der Waals surface area contributed by atoms with E-state index in [9.17, 15) is 24.8 Å². The van der Waals surface area contributed by atoms with Crippen LogP contribution < -0.4 is 15.0 Å². The van der Waals surface area contributed by atoms with E-state index in [-0.39, 0.29) is 18.3 Å². The zero-order valence-electron chi connectivity index (χ0n) is 17.3. The van der Waals surface area contributed by atoms with Crippen molar-refractivity contribution in [3.8, 4) is 17.4 Å². The molecule has 1 aromatic carbocycles. The normalized spacial score (nSPS) is 13.8. The molecule has 0 bridgehead atoms. The fraction of sp³-hybridized carbons (Fsp3) is 0.350. The predicted octanol–water partition coefficient (Wildman–Crippen LogP) is 1.19. The molecule has 2 heterocycles. The molecule has 3 rings (SSSR count). The highest BCUT2D eigenvalue weighted by Crippen LogP contribution is 2.29. The quantitative estimate of drug-likeness (QED) is 0.449. The highest BCUT2D eigenvalue weighted by atomic mass is 16.6. The van der Waals surface area contributed by atoms with Crippen molar-refractivity contribution in [1.82, 2.24) is 14.9 Å². The van der Waals surface area contributed by atoms with Crippen LogP contribution in [-0.4, -0.2) is 70.3 Å². The molecule has 0 aliphatic carbocycles. The van der Waals surface area contributed by atoms with Gasteiger partial charge >= 0.3 is 11.2 Å². The van der Waals surface area contributed by atoms with Gasteiger partial charge in [-0.3, -0.25) is 19.7 Å². The van der Waals surface area contributed by atoms with Gasteiger partial charge in [-0.25, -0.2) is 0 Å². The van der Waals surface area contributed by atoms with Gasteiger partial charge in [-0.2, -0.15) is 4.98 Å². The number of nitrogens with zero attached hydrogens (tertiary/aromatic N) is 3. The number of amides is 1. The highest BCUT2D eigenvalue weighted by molar-refractivity contribution is 5.78. The number of morpholine rings is 1. The Labute approximate surface area is 182 Å². The predicted molar refractivity (Wildman–Crippen MR) is 113 cm³/mol. The lowest BCUT2D eigenvalue weighted by Gasteiger charge is -2.26. The molecule has 0 atom stereocenters. The summed E-state index contributed by atoms with van der Waals surface area (Å²) < 4.78 is 16.5. The lowest BCUT2D eigenvalue weighted by atomic mass is 10.2. The van der Waals surface area contributed by atoms with Crippen molar-refractivity contribution >= 4 is 23.7 Å². The van der Waals surface area contributed by atoms with E-state index in [1.807, 2.05) is 0 Å². The first-order valence-electron chi connectivity index (χ1n) is 9.80. The zero-order valence-corrected chi connectivity index (χ0v) is 17.3. The molecule has 2 N–H and O–H groups in total. The van der Waals surface area contributed by atoms with E-state index >= 15 is 0 Å². The summed E-state index contributed by atoms with van der Waals surface area (Å²) in [5.41, 5.74) is -1.44. The summed E-state index contributed by atoms with van der Waals surface area (Å²) in [7, 11) is 0. The molecule has 32 heavy (non-hydrogen) atoms. The SMILES string of the molecule is CCOc1cc(C=Cc2nc(O)c([N+](=O)[O-])c(=O)[nH]2)ccc1OCC(=O)N1CCOCC1.